The van der Waals surface area contributed by atoms with Gasteiger partial charge in [-0.2, -0.15) is 0 Å². The van der Waals surface area contributed by atoms with Crippen molar-refractivity contribution < 1.29 is 18.8 Å². The quantitative estimate of drug-likeness (QED) is 0.589. The Morgan fingerprint density at radius 1 is 1.10 bits per heavy atom. The minimum atomic E-state index is -0.683. The van der Waals surface area contributed by atoms with Crippen LogP contribution in [0.1, 0.15) is 71.3 Å². The molecule has 0 atom stereocenters. The van der Waals surface area contributed by atoms with E-state index in [1.54, 1.807) is 19.9 Å². The molecule has 0 bridgehead atoms. The topological polar surface area (TPSA) is 80.2 Å². The van der Waals surface area contributed by atoms with Crippen LogP contribution in [-0.2, 0) is 17.8 Å². The molecule has 1 aromatic carbocycles. The minimum Gasteiger partial charge on any atom is -0.345 e. The van der Waals surface area contributed by atoms with E-state index in [0.717, 1.165) is 18.5 Å². The van der Waals surface area contributed by atoms with Crippen LogP contribution in [-0.4, -0.2) is 27.7 Å². The normalized spacial score (nSPS) is 13.5. The molecule has 160 valence electrons. The Bertz CT molecular complexity index is 1030. The molecule has 7 heteroatoms. The molecule has 0 saturated heterocycles. The number of fused-ring (bicyclic) bond motifs is 1. The number of hydrogen-bond acceptors (Lipinski definition) is 3. The van der Waals surface area contributed by atoms with E-state index in [4.69, 9.17) is 0 Å². The summed E-state index contributed by atoms with van der Waals surface area (Å²) in [5, 5.41) is 5.51. The first-order valence-electron chi connectivity index (χ1n) is 10.2. The van der Waals surface area contributed by atoms with Gasteiger partial charge < -0.3 is 15.2 Å². The summed E-state index contributed by atoms with van der Waals surface area (Å²) < 4.78 is 15.4. The van der Waals surface area contributed by atoms with Crippen LogP contribution in [0, 0.1) is 19.7 Å². The number of amides is 2. The molecule has 2 heterocycles. The molecule has 0 unspecified atom stereocenters. The van der Waals surface area contributed by atoms with E-state index in [1.165, 1.54) is 12.1 Å². The van der Waals surface area contributed by atoms with E-state index in [-0.39, 0.29) is 17.4 Å². The molecule has 1 aromatic heterocycles. The number of hydrogen-bond donors (Lipinski definition) is 2. The molecule has 30 heavy (non-hydrogen) atoms. The fraction of sp³-hybridized carbons (Fsp3) is 0.435. The second kappa shape index (κ2) is 8.05. The van der Waals surface area contributed by atoms with Crippen molar-refractivity contribution in [3.8, 4) is 0 Å². The summed E-state index contributed by atoms with van der Waals surface area (Å²) in [5.41, 5.74) is 2.32. The Morgan fingerprint density at radius 3 is 2.43 bits per heavy atom. The van der Waals surface area contributed by atoms with Gasteiger partial charge in [0, 0.05) is 23.5 Å². The fourth-order valence-electron chi connectivity index (χ4n) is 3.89. The van der Waals surface area contributed by atoms with Crippen LogP contribution in [0.25, 0.3) is 0 Å². The Morgan fingerprint density at radius 2 is 1.80 bits per heavy atom. The van der Waals surface area contributed by atoms with Crippen LogP contribution in [0.15, 0.2) is 18.2 Å². The van der Waals surface area contributed by atoms with Crippen LogP contribution in [0.4, 0.5) is 10.1 Å². The highest BCUT2D eigenvalue weighted by Gasteiger charge is 2.33. The molecule has 2 aromatic rings. The number of Topliss-reactive ketones (excluding diaryl/α,β-unsaturated/α-hetero) is 1. The van der Waals surface area contributed by atoms with Crippen LogP contribution in [0.2, 0.25) is 0 Å². The van der Waals surface area contributed by atoms with Crippen LogP contribution in [0.5, 0.6) is 0 Å². The largest absolute Gasteiger partial charge is 0.345 e. The predicted molar refractivity (Wildman–Crippen MR) is 113 cm³/mol. The van der Waals surface area contributed by atoms with Crippen LogP contribution in [0.3, 0.4) is 0 Å². The Kier molecular flexibility index (Phi) is 5.83. The van der Waals surface area contributed by atoms with E-state index in [0.29, 0.717) is 35.3 Å². The maximum Gasteiger partial charge on any atom is 0.294 e. The molecule has 2 amide bonds. The number of nitrogens with zero attached hydrogens (tertiary/aromatic N) is 1. The second-order valence-corrected chi connectivity index (χ2v) is 8.86. The molecule has 2 N–H and O–H groups in total. The molecule has 0 fully saturated rings. The molecular weight excluding hydrogens is 385 g/mol. The van der Waals surface area contributed by atoms with Crippen molar-refractivity contribution in [1.29, 1.82) is 0 Å². The number of carbonyl (C=O) groups excluding carboxylic acids is 3. The summed E-state index contributed by atoms with van der Waals surface area (Å²) in [6.45, 7) is 9.34. The molecule has 0 radical (unpaired) electrons. The van der Waals surface area contributed by atoms with Gasteiger partial charge in [0.15, 0.2) is 0 Å². The average molecular weight is 413 g/mol. The van der Waals surface area contributed by atoms with Crippen molar-refractivity contribution in [3.05, 3.63) is 52.1 Å². The Balaban J connectivity index is 1.99. The van der Waals surface area contributed by atoms with Gasteiger partial charge in [-0.25, -0.2) is 4.39 Å². The fourth-order valence-corrected chi connectivity index (χ4v) is 3.89. The Hall–Kier alpha value is -2.96. The van der Waals surface area contributed by atoms with Gasteiger partial charge in [0.1, 0.15) is 5.82 Å². The number of aromatic nitrogens is 1. The summed E-state index contributed by atoms with van der Waals surface area (Å²) in [4.78, 5) is 38.6. The van der Waals surface area contributed by atoms with Crippen LogP contribution >= 0.6 is 0 Å². The van der Waals surface area contributed by atoms with Crippen molar-refractivity contribution in [2.45, 2.75) is 66.0 Å². The van der Waals surface area contributed by atoms with Gasteiger partial charge in [-0.05, 0) is 83.2 Å². The smallest absolute Gasteiger partial charge is 0.294 e. The van der Waals surface area contributed by atoms with Crippen molar-refractivity contribution >= 4 is 23.3 Å². The monoisotopic (exact) mass is 413 g/mol. The lowest BCUT2D eigenvalue weighted by Gasteiger charge is -2.21. The zero-order valence-electron chi connectivity index (χ0n) is 18.1. The summed E-state index contributed by atoms with van der Waals surface area (Å²) in [5.74, 6) is -2.03. The molecule has 3 rings (SSSR count). The summed E-state index contributed by atoms with van der Waals surface area (Å²) >= 11 is 0. The third-order valence-electron chi connectivity index (χ3n) is 5.21. The molecule has 1 aliphatic rings. The van der Waals surface area contributed by atoms with Crippen molar-refractivity contribution in [2.24, 2.45) is 0 Å². The van der Waals surface area contributed by atoms with Gasteiger partial charge >= 0.3 is 0 Å². The molecular formula is C23H28FN3O3. The summed E-state index contributed by atoms with van der Waals surface area (Å²) in [6.07, 6.45) is 2.43. The first-order chi connectivity index (χ1) is 14.0. The predicted octanol–water partition coefficient (Wildman–Crippen LogP) is 3.93. The first-order valence-corrected chi connectivity index (χ1v) is 10.2. The lowest BCUT2D eigenvalue weighted by atomic mass is 10.0. The van der Waals surface area contributed by atoms with Gasteiger partial charge in [-0.1, -0.05) is 0 Å². The van der Waals surface area contributed by atoms with Gasteiger partial charge in [-0.15, -0.1) is 0 Å². The lowest BCUT2D eigenvalue weighted by Crippen LogP contribution is -2.44. The third-order valence-corrected chi connectivity index (χ3v) is 5.21. The van der Waals surface area contributed by atoms with Crippen molar-refractivity contribution in [3.63, 3.8) is 0 Å². The van der Waals surface area contributed by atoms with E-state index >= 15 is 0 Å². The number of carbonyl (C=O) groups is 3. The summed E-state index contributed by atoms with van der Waals surface area (Å²) in [7, 11) is 0. The molecule has 6 nitrogen and oxygen atoms in total. The van der Waals surface area contributed by atoms with Crippen molar-refractivity contribution in [1.82, 2.24) is 9.88 Å². The number of aryl methyl sites for hydroxylation is 1. The molecule has 0 saturated carbocycles. The number of benzene rings is 1. The molecule has 0 spiro atoms. The van der Waals surface area contributed by atoms with Gasteiger partial charge in [0.2, 0.25) is 0 Å². The average Bonchev–Trinajstić information content (AvgIpc) is 2.94. The number of ketones is 1. The third kappa shape index (κ3) is 4.30. The maximum atomic E-state index is 13.5. The highest BCUT2D eigenvalue weighted by Crippen LogP contribution is 2.29. The number of rotatable bonds is 4. The highest BCUT2D eigenvalue weighted by molar-refractivity contribution is 6.43. The zero-order chi connectivity index (χ0) is 22.2. The molecule has 1 aliphatic heterocycles. The van der Waals surface area contributed by atoms with Gasteiger partial charge in [-0.3, -0.25) is 14.4 Å². The second-order valence-electron chi connectivity index (χ2n) is 8.86. The maximum absolute atomic E-state index is 13.5. The van der Waals surface area contributed by atoms with E-state index in [9.17, 15) is 18.8 Å². The van der Waals surface area contributed by atoms with E-state index < -0.39 is 17.2 Å². The SMILES string of the molecule is Cc1cc(NC(=O)c2c(C)c(C(=O)C(=O)NC(C)(C)C)n3c2CCCC3)ccc1F. The van der Waals surface area contributed by atoms with Gasteiger partial charge in [0.05, 0.1) is 11.3 Å². The van der Waals surface area contributed by atoms with E-state index in [2.05, 4.69) is 10.6 Å². The Labute approximate surface area is 175 Å². The minimum absolute atomic E-state index is 0.270. The first kappa shape index (κ1) is 21.7. The van der Waals surface area contributed by atoms with Gasteiger partial charge in [0.25, 0.3) is 17.6 Å². The number of halogens is 1. The number of nitrogens with one attached hydrogen (secondary N) is 2. The zero-order valence-corrected chi connectivity index (χ0v) is 18.1. The van der Waals surface area contributed by atoms with Crippen LogP contribution < -0.4 is 10.6 Å². The lowest BCUT2D eigenvalue weighted by molar-refractivity contribution is -0.118. The highest BCUT2D eigenvalue weighted by atomic mass is 19.1. The standard InChI is InChI=1S/C23H28FN3O3/c1-13-12-15(9-10-16(13)24)25-21(29)18-14(2)19(27-11-7-6-8-17(18)27)20(28)22(30)26-23(3,4)5/h9-10,12H,6-8,11H2,1-5H3,(H,25,29)(H,26,30). The molecule has 0 aliphatic carbocycles. The van der Waals surface area contributed by atoms with E-state index in [1.807, 2.05) is 25.3 Å². The summed E-state index contributed by atoms with van der Waals surface area (Å²) in [6, 6.07) is 4.37. The number of anilines is 1. The van der Waals surface area contributed by atoms with Crippen molar-refractivity contribution in [2.75, 3.05) is 5.32 Å².